The van der Waals surface area contributed by atoms with Crippen LogP contribution < -0.4 is 20.3 Å². The highest BCUT2D eigenvalue weighted by atomic mass is 19.1. The van der Waals surface area contributed by atoms with E-state index in [-0.39, 0.29) is 35.2 Å². The maximum absolute atomic E-state index is 15.1. The standard InChI is InChI=1S/C28H30F2N8O2/c29-23-12-18(11-19(13-31)26(23)40-25-5-6-32-14-24(25)30)27-33-17-34-28(36-27)35-20-1-3-21(4-2-20)37-7-9-38(10-8-37)22-15-39-16-22/h1-4,11-12,17,22,24-25,32H,5-10,14-16H2,(H,33,34,35,36)/t24-,25-/m0/s1. The summed E-state index contributed by atoms with van der Waals surface area (Å²) in [6.45, 7) is 6.36. The minimum atomic E-state index is -1.29. The van der Waals surface area contributed by atoms with Crippen molar-refractivity contribution in [2.45, 2.75) is 24.7 Å². The second kappa shape index (κ2) is 11.7. The average Bonchev–Trinajstić information content (AvgIpc) is 2.95. The molecule has 0 aliphatic carbocycles. The molecule has 3 aliphatic rings. The molecule has 3 fully saturated rings. The molecule has 0 amide bonds. The number of piperidine rings is 1. The van der Waals surface area contributed by atoms with E-state index < -0.39 is 18.1 Å². The topological polar surface area (TPSA) is 111 Å². The second-order valence-corrected chi connectivity index (χ2v) is 10.1. The van der Waals surface area contributed by atoms with Crippen molar-refractivity contribution < 1.29 is 18.3 Å². The highest BCUT2D eigenvalue weighted by Crippen LogP contribution is 2.31. The average molecular weight is 549 g/mol. The summed E-state index contributed by atoms with van der Waals surface area (Å²) >= 11 is 0. The lowest BCUT2D eigenvalue weighted by Crippen LogP contribution is -2.56. The number of piperazine rings is 1. The molecule has 10 nitrogen and oxygen atoms in total. The Bertz CT molecular complexity index is 1370. The Morgan fingerprint density at radius 1 is 1.10 bits per heavy atom. The Balaban J connectivity index is 1.13. The van der Waals surface area contributed by atoms with Gasteiger partial charge in [-0.05, 0) is 49.4 Å². The largest absolute Gasteiger partial charge is 0.483 e. The molecule has 2 aromatic carbocycles. The van der Waals surface area contributed by atoms with Gasteiger partial charge in [0.05, 0.1) is 24.8 Å². The number of ether oxygens (including phenoxy) is 2. The first-order valence-corrected chi connectivity index (χ1v) is 13.5. The molecule has 3 saturated heterocycles. The second-order valence-electron chi connectivity index (χ2n) is 10.1. The number of alkyl halides is 1. The van der Waals surface area contributed by atoms with Crippen LogP contribution in [0.2, 0.25) is 0 Å². The summed E-state index contributed by atoms with van der Waals surface area (Å²) in [5.41, 5.74) is 2.18. The summed E-state index contributed by atoms with van der Waals surface area (Å²) in [6, 6.07) is 13.2. The molecular weight excluding hydrogens is 518 g/mol. The number of hydrogen-bond acceptors (Lipinski definition) is 10. The molecule has 3 aromatic rings. The van der Waals surface area contributed by atoms with Gasteiger partial charge in [0.25, 0.3) is 0 Å². The normalized spacial score (nSPS) is 21.9. The Labute approximate surface area is 231 Å². The molecule has 0 spiro atoms. The van der Waals surface area contributed by atoms with Crippen LogP contribution in [-0.2, 0) is 4.74 Å². The fourth-order valence-electron chi connectivity index (χ4n) is 5.17. The monoisotopic (exact) mass is 548 g/mol. The maximum atomic E-state index is 15.1. The van der Waals surface area contributed by atoms with Gasteiger partial charge in [-0.25, -0.2) is 18.7 Å². The Kier molecular flexibility index (Phi) is 7.68. The van der Waals surface area contributed by atoms with Gasteiger partial charge in [0, 0.05) is 49.7 Å². The van der Waals surface area contributed by atoms with Crippen LogP contribution in [0, 0.1) is 17.1 Å². The molecule has 0 bridgehead atoms. The van der Waals surface area contributed by atoms with E-state index in [1.165, 1.54) is 18.5 Å². The number of anilines is 3. The molecule has 0 saturated carbocycles. The van der Waals surface area contributed by atoms with E-state index >= 15 is 4.39 Å². The van der Waals surface area contributed by atoms with Gasteiger partial charge in [-0.15, -0.1) is 0 Å². The highest BCUT2D eigenvalue weighted by molar-refractivity contribution is 5.64. The first-order valence-electron chi connectivity index (χ1n) is 13.5. The third-order valence-corrected chi connectivity index (χ3v) is 7.55. The lowest BCUT2D eigenvalue weighted by molar-refractivity contribution is -0.0660. The van der Waals surface area contributed by atoms with Gasteiger partial charge in [0.1, 0.15) is 24.7 Å². The highest BCUT2D eigenvalue weighted by Gasteiger charge is 2.30. The Morgan fingerprint density at radius 3 is 2.60 bits per heavy atom. The van der Waals surface area contributed by atoms with Crippen molar-refractivity contribution in [1.29, 1.82) is 5.26 Å². The third-order valence-electron chi connectivity index (χ3n) is 7.55. The van der Waals surface area contributed by atoms with Crippen molar-refractivity contribution in [3.63, 3.8) is 0 Å². The van der Waals surface area contributed by atoms with E-state index in [1.807, 2.05) is 18.2 Å². The SMILES string of the molecule is N#Cc1cc(-c2ncnc(Nc3ccc(N4CCN(C5COC5)CC4)cc3)n2)cc(F)c1O[C@H]1CCNC[C@@H]1F. The third kappa shape index (κ3) is 5.67. The van der Waals surface area contributed by atoms with Gasteiger partial charge < -0.3 is 25.0 Å². The fraction of sp³-hybridized carbons (Fsp3) is 0.429. The molecule has 12 heteroatoms. The minimum absolute atomic E-state index is 0.0481. The van der Waals surface area contributed by atoms with Crippen LogP contribution in [0.5, 0.6) is 5.75 Å². The summed E-state index contributed by atoms with van der Waals surface area (Å²) in [6.07, 6.45) is -0.407. The molecule has 2 atom stereocenters. The number of aromatic nitrogens is 3. The lowest BCUT2D eigenvalue weighted by atomic mass is 10.1. The summed E-state index contributed by atoms with van der Waals surface area (Å²) in [5, 5.41) is 15.7. The maximum Gasteiger partial charge on any atom is 0.230 e. The number of hydrogen-bond donors (Lipinski definition) is 2. The summed E-state index contributed by atoms with van der Waals surface area (Å²) in [7, 11) is 0. The zero-order valence-corrected chi connectivity index (χ0v) is 21.9. The molecular formula is C28H30F2N8O2. The zero-order valence-electron chi connectivity index (χ0n) is 21.9. The van der Waals surface area contributed by atoms with Crippen LogP contribution >= 0.6 is 0 Å². The van der Waals surface area contributed by atoms with Crippen LogP contribution in [-0.4, -0.2) is 90.7 Å². The van der Waals surface area contributed by atoms with Gasteiger partial charge in [-0.2, -0.15) is 10.2 Å². The number of nitrogens with zero attached hydrogens (tertiary/aromatic N) is 6. The fourth-order valence-corrected chi connectivity index (χ4v) is 5.17. The molecule has 40 heavy (non-hydrogen) atoms. The number of nitriles is 1. The Morgan fingerprint density at radius 2 is 1.90 bits per heavy atom. The van der Waals surface area contributed by atoms with Gasteiger partial charge in [-0.3, -0.25) is 4.90 Å². The first-order chi connectivity index (χ1) is 19.6. The molecule has 2 N–H and O–H groups in total. The predicted molar refractivity (Wildman–Crippen MR) is 145 cm³/mol. The molecule has 0 radical (unpaired) electrons. The molecule has 6 rings (SSSR count). The van der Waals surface area contributed by atoms with Crippen LogP contribution in [0.25, 0.3) is 11.4 Å². The van der Waals surface area contributed by atoms with Crippen molar-refractivity contribution >= 4 is 17.3 Å². The van der Waals surface area contributed by atoms with Gasteiger partial charge in [0.2, 0.25) is 5.95 Å². The van der Waals surface area contributed by atoms with E-state index in [0.29, 0.717) is 19.0 Å². The van der Waals surface area contributed by atoms with Crippen LogP contribution in [0.4, 0.5) is 26.1 Å². The van der Waals surface area contributed by atoms with Crippen LogP contribution in [0.15, 0.2) is 42.7 Å². The van der Waals surface area contributed by atoms with Crippen LogP contribution in [0.3, 0.4) is 0 Å². The molecule has 4 heterocycles. The van der Waals surface area contributed by atoms with E-state index in [2.05, 4.69) is 47.5 Å². The van der Waals surface area contributed by atoms with Crippen molar-refractivity contribution in [2.24, 2.45) is 0 Å². The van der Waals surface area contributed by atoms with Crippen LogP contribution in [0.1, 0.15) is 12.0 Å². The van der Waals surface area contributed by atoms with Gasteiger partial charge in [-0.1, -0.05) is 0 Å². The predicted octanol–water partition coefficient (Wildman–Crippen LogP) is 2.89. The zero-order chi connectivity index (χ0) is 27.5. The summed E-state index contributed by atoms with van der Waals surface area (Å²) in [4.78, 5) is 17.6. The van der Waals surface area contributed by atoms with Crippen molar-refractivity contribution in [3.8, 4) is 23.2 Å². The van der Waals surface area contributed by atoms with Crippen molar-refractivity contribution in [3.05, 3.63) is 54.1 Å². The molecule has 1 aromatic heterocycles. The van der Waals surface area contributed by atoms with Crippen molar-refractivity contribution in [1.82, 2.24) is 25.2 Å². The van der Waals surface area contributed by atoms with Gasteiger partial charge >= 0.3 is 0 Å². The molecule has 3 aliphatic heterocycles. The number of nitrogens with one attached hydrogen (secondary N) is 2. The van der Waals surface area contributed by atoms with Crippen molar-refractivity contribution in [2.75, 3.05) is 62.7 Å². The van der Waals surface area contributed by atoms with Gasteiger partial charge in [0.15, 0.2) is 17.4 Å². The molecule has 208 valence electrons. The summed E-state index contributed by atoms with van der Waals surface area (Å²) in [5.74, 6) is -0.557. The molecule has 0 unspecified atom stereocenters. The number of rotatable bonds is 7. The minimum Gasteiger partial charge on any atom is -0.483 e. The quantitative estimate of drug-likeness (QED) is 0.457. The van der Waals surface area contributed by atoms with E-state index in [4.69, 9.17) is 9.47 Å². The van der Waals surface area contributed by atoms with E-state index in [9.17, 15) is 9.65 Å². The van der Waals surface area contributed by atoms with E-state index in [1.54, 1.807) is 0 Å². The first kappa shape index (κ1) is 26.3. The lowest BCUT2D eigenvalue weighted by Gasteiger charge is -2.43. The number of halogens is 2. The van der Waals surface area contributed by atoms with E-state index in [0.717, 1.165) is 50.8 Å². The smallest absolute Gasteiger partial charge is 0.230 e. The summed E-state index contributed by atoms with van der Waals surface area (Å²) < 4.78 is 40.2. The Hall–Kier alpha value is -3.92. The number of benzene rings is 2.